The molecule has 5 heteroatoms. The van der Waals surface area contributed by atoms with E-state index >= 15 is 0 Å². The van der Waals surface area contributed by atoms with Gasteiger partial charge in [-0.25, -0.2) is 0 Å². The molecule has 0 saturated carbocycles. The predicted molar refractivity (Wildman–Crippen MR) is 82.1 cm³/mol. The lowest BCUT2D eigenvalue weighted by Gasteiger charge is -2.24. The van der Waals surface area contributed by atoms with Crippen LogP contribution in [0.4, 0.5) is 0 Å². The van der Waals surface area contributed by atoms with Gasteiger partial charge in [0.2, 0.25) is 0 Å². The monoisotopic (exact) mass is 298 g/mol. The highest BCUT2D eigenvalue weighted by Crippen LogP contribution is 2.24. The molecular weight excluding hydrogens is 280 g/mol. The number of nitrogens with one attached hydrogen (secondary N) is 1. The van der Waals surface area contributed by atoms with Crippen molar-refractivity contribution < 1.29 is 4.79 Å². The van der Waals surface area contributed by atoms with Gasteiger partial charge in [0.1, 0.15) is 0 Å². The van der Waals surface area contributed by atoms with Crippen LogP contribution in [0.3, 0.4) is 0 Å². The molecule has 3 nitrogen and oxygen atoms in total. The first-order valence-corrected chi connectivity index (χ1v) is 7.58. The second-order valence-corrected chi connectivity index (χ2v) is 6.17. The van der Waals surface area contributed by atoms with Crippen LogP contribution in [-0.2, 0) is 13.1 Å². The van der Waals surface area contributed by atoms with E-state index in [0.717, 1.165) is 30.8 Å². The minimum absolute atomic E-state index is 0. The Hall–Kier alpha value is -0.710. The maximum Gasteiger partial charge on any atom is 0.253 e. The van der Waals surface area contributed by atoms with Crippen LogP contribution >= 0.6 is 24.2 Å². The van der Waals surface area contributed by atoms with Gasteiger partial charge in [0.15, 0.2) is 0 Å². The molecule has 2 aliphatic heterocycles. The van der Waals surface area contributed by atoms with E-state index in [-0.39, 0.29) is 18.3 Å². The molecule has 1 fully saturated rings. The van der Waals surface area contributed by atoms with E-state index in [4.69, 9.17) is 0 Å². The molecule has 1 aromatic carbocycles. The topological polar surface area (TPSA) is 32.3 Å². The molecule has 1 unspecified atom stereocenters. The van der Waals surface area contributed by atoms with Crippen LogP contribution in [0.25, 0.3) is 0 Å². The molecular formula is C14H19ClN2OS. The van der Waals surface area contributed by atoms with E-state index in [9.17, 15) is 4.79 Å². The molecule has 1 saturated heterocycles. The predicted octanol–water partition coefficient (Wildman–Crippen LogP) is 2.29. The van der Waals surface area contributed by atoms with E-state index < -0.39 is 0 Å². The summed E-state index contributed by atoms with van der Waals surface area (Å²) in [4.78, 5) is 14.3. The molecule has 1 N–H and O–H groups in total. The number of hydrogen-bond acceptors (Lipinski definition) is 3. The molecule has 104 valence electrons. The molecule has 1 aromatic rings. The number of carbonyl (C=O) groups excluding carboxylic acids is 1. The highest BCUT2D eigenvalue weighted by Gasteiger charge is 2.25. The molecule has 19 heavy (non-hydrogen) atoms. The SMILES string of the molecule is CN(C(=O)c1ccc2c(c1)CNC2)C1CCSC1.Cl. The number of thioether (sulfide) groups is 1. The first-order valence-electron chi connectivity index (χ1n) is 6.43. The summed E-state index contributed by atoms with van der Waals surface area (Å²) in [6.07, 6.45) is 1.12. The molecule has 3 rings (SSSR count). The minimum Gasteiger partial charge on any atom is -0.338 e. The van der Waals surface area contributed by atoms with Gasteiger partial charge in [0.05, 0.1) is 0 Å². The van der Waals surface area contributed by atoms with Crippen LogP contribution in [0.2, 0.25) is 0 Å². The van der Waals surface area contributed by atoms with Crippen LogP contribution in [0.1, 0.15) is 27.9 Å². The number of hydrogen-bond donors (Lipinski definition) is 1. The Morgan fingerprint density at radius 3 is 2.89 bits per heavy atom. The van der Waals surface area contributed by atoms with Crippen molar-refractivity contribution in [2.24, 2.45) is 0 Å². The van der Waals surface area contributed by atoms with Gasteiger partial charge in [-0.3, -0.25) is 4.79 Å². The van der Waals surface area contributed by atoms with Gasteiger partial charge in [0, 0.05) is 37.5 Å². The third-order valence-corrected chi connectivity index (χ3v) is 5.00. The van der Waals surface area contributed by atoms with E-state index in [2.05, 4.69) is 17.4 Å². The van der Waals surface area contributed by atoms with Crippen molar-refractivity contribution in [2.45, 2.75) is 25.6 Å². The number of carbonyl (C=O) groups is 1. The molecule has 0 aromatic heterocycles. The van der Waals surface area contributed by atoms with Crippen molar-refractivity contribution in [3.8, 4) is 0 Å². The maximum absolute atomic E-state index is 12.4. The Morgan fingerprint density at radius 2 is 2.16 bits per heavy atom. The Morgan fingerprint density at radius 1 is 1.37 bits per heavy atom. The zero-order valence-corrected chi connectivity index (χ0v) is 12.6. The maximum atomic E-state index is 12.4. The average Bonchev–Trinajstić information content (AvgIpc) is 3.06. The zero-order chi connectivity index (χ0) is 12.5. The first-order chi connectivity index (χ1) is 8.75. The van der Waals surface area contributed by atoms with E-state index in [1.54, 1.807) is 0 Å². The zero-order valence-electron chi connectivity index (χ0n) is 11.0. The summed E-state index contributed by atoms with van der Waals surface area (Å²) in [7, 11) is 1.93. The second kappa shape index (κ2) is 6.16. The Bertz CT molecular complexity index is 475. The van der Waals surface area contributed by atoms with Crippen molar-refractivity contribution in [1.29, 1.82) is 0 Å². The molecule has 1 amide bonds. The molecule has 1 atom stereocenters. The van der Waals surface area contributed by atoms with E-state index in [1.807, 2.05) is 29.8 Å². The van der Waals surface area contributed by atoms with Gasteiger partial charge >= 0.3 is 0 Å². The van der Waals surface area contributed by atoms with Gasteiger partial charge in [-0.1, -0.05) is 6.07 Å². The number of halogens is 1. The standard InChI is InChI=1S/C14H18N2OS.ClH/c1-16(13-4-5-18-9-13)14(17)10-2-3-11-7-15-8-12(11)6-10;/h2-3,6,13,15H,4-5,7-9H2,1H3;1H. The van der Waals surface area contributed by atoms with Gasteiger partial charge < -0.3 is 10.2 Å². The summed E-state index contributed by atoms with van der Waals surface area (Å²) in [6.45, 7) is 1.82. The molecule has 2 aliphatic rings. The van der Waals surface area contributed by atoms with Crippen LogP contribution in [0, 0.1) is 0 Å². The number of benzene rings is 1. The van der Waals surface area contributed by atoms with Gasteiger partial charge in [-0.05, 0) is 35.4 Å². The number of rotatable bonds is 2. The quantitative estimate of drug-likeness (QED) is 0.909. The van der Waals surface area contributed by atoms with Crippen LogP contribution in [-0.4, -0.2) is 35.4 Å². The Kier molecular flexibility index (Phi) is 4.76. The Balaban J connectivity index is 0.00000133. The Labute approximate surface area is 124 Å². The third kappa shape index (κ3) is 2.91. The molecule has 0 radical (unpaired) electrons. The largest absolute Gasteiger partial charge is 0.338 e. The summed E-state index contributed by atoms with van der Waals surface area (Å²) in [5.74, 6) is 2.42. The fourth-order valence-corrected chi connectivity index (χ4v) is 3.89. The highest BCUT2D eigenvalue weighted by molar-refractivity contribution is 7.99. The van der Waals surface area contributed by atoms with Crippen molar-refractivity contribution in [3.63, 3.8) is 0 Å². The fraction of sp³-hybridized carbons (Fsp3) is 0.500. The lowest BCUT2D eigenvalue weighted by molar-refractivity contribution is 0.0748. The third-order valence-electron chi connectivity index (χ3n) is 3.86. The second-order valence-electron chi connectivity index (χ2n) is 5.02. The summed E-state index contributed by atoms with van der Waals surface area (Å²) in [6, 6.07) is 6.51. The van der Waals surface area contributed by atoms with Crippen LogP contribution < -0.4 is 5.32 Å². The van der Waals surface area contributed by atoms with Crippen molar-refractivity contribution in [1.82, 2.24) is 10.2 Å². The van der Waals surface area contributed by atoms with E-state index in [1.165, 1.54) is 16.9 Å². The smallest absolute Gasteiger partial charge is 0.253 e. The summed E-state index contributed by atoms with van der Waals surface area (Å²) in [5.41, 5.74) is 3.43. The molecule has 2 heterocycles. The normalized spacial score (nSPS) is 20.8. The molecule has 0 aliphatic carbocycles. The average molecular weight is 299 g/mol. The summed E-state index contributed by atoms with van der Waals surface area (Å²) < 4.78 is 0. The summed E-state index contributed by atoms with van der Waals surface area (Å²) >= 11 is 1.94. The fourth-order valence-electron chi connectivity index (χ4n) is 2.62. The molecule has 0 spiro atoms. The van der Waals surface area contributed by atoms with Gasteiger partial charge in [-0.15, -0.1) is 12.4 Å². The molecule has 0 bridgehead atoms. The van der Waals surface area contributed by atoms with Crippen LogP contribution in [0.15, 0.2) is 18.2 Å². The number of amides is 1. The van der Waals surface area contributed by atoms with Gasteiger partial charge in [0.25, 0.3) is 5.91 Å². The van der Waals surface area contributed by atoms with Crippen molar-refractivity contribution in [3.05, 3.63) is 34.9 Å². The lowest BCUT2D eigenvalue weighted by atomic mass is 10.1. The lowest BCUT2D eigenvalue weighted by Crippen LogP contribution is -2.37. The van der Waals surface area contributed by atoms with Crippen LogP contribution in [0.5, 0.6) is 0 Å². The van der Waals surface area contributed by atoms with Gasteiger partial charge in [-0.2, -0.15) is 11.8 Å². The van der Waals surface area contributed by atoms with Crippen molar-refractivity contribution >= 4 is 30.1 Å². The van der Waals surface area contributed by atoms with Crippen molar-refractivity contribution in [2.75, 3.05) is 18.6 Å². The minimum atomic E-state index is 0. The number of nitrogens with zero attached hydrogens (tertiary/aromatic N) is 1. The summed E-state index contributed by atoms with van der Waals surface area (Å²) in [5, 5.41) is 3.31. The first kappa shape index (κ1) is 14.7. The number of fused-ring (bicyclic) bond motifs is 1. The highest BCUT2D eigenvalue weighted by atomic mass is 35.5. The van der Waals surface area contributed by atoms with E-state index in [0.29, 0.717) is 6.04 Å².